The molecule has 0 aromatic heterocycles. The molecule has 0 saturated heterocycles. The van der Waals surface area contributed by atoms with Gasteiger partial charge in [0.05, 0.1) is 12.0 Å². The van der Waals surface area contributed by atoms with Gasteiger partial charge in [0.1, 0.15) is 6.10 Å². The van der Waals surface area contributed by atoms with E-state index in [-0.39, 0.29) is 18.0 Å². The van der Waals surface area contributed by atoms with Crippen molar-refractivity contribution < 1.29 is 9.53 Å². The molecule has 0 amide bonds. The van der Waals surface area contributed by atoms with Crippen LogP contribution in [0.25, 0.3) is 0 Å². The van der Waals surface area contributed by atoms with Crippen LogP contribution in [0.2, 0.25) is 0 Å². The van der Waals surface area contributed by atoms with Crippen molar-refractivity contribution in [2.45, 2.75) is 90.1 Å². The summed E-state index contributed by atoms with van der Waals surface area (Å²) >= 11 is 0. The molecule has 2 aliphatic carbocycles. The molecule has 0 atom stereocenters. The molecule has 0 aromatic carbocycles. The van der Waals surface area contributed by atoms with Crippen molar-refractivity contribution in [1.82, 2.24) is 0 Å². The summed E-state index contributed by atoms with van der Waals surface area (Å²) in [6, 6.07) is 2.05. The van der Waals surface area contributed by atoms with Gasteiger partial charge in [0, 0.05) is 6.08 Å². The maximum Gasteiger partial charge on any atom is 0.309 e. The summed E-state index contributed by atoms with van der Waals surface area (Å²) in [5.41, 5.74) is 0. The van der Waals surface area contributed by atoms with Gasteiger partial charge >= 0.3 is 5.97 Å². The molecule has 2 rings (SSSR count). The average molecular weight is 332 g/mol. The fraction of sp³-hybridized carbons (Fsp3) is 0.810. The second-order valence-electron chi connectivity index (χ2n) is 7.68. The molecule has 2 saturated carbocycles. The number of nitriles is 1. The molecule has 0 aliphatic heterocycles. The molecule has 2 aliphatic rings. The standard InChI is InChI=1S/C21H33NO2/c1-2-3-4-6-17-8-12-19(13-9-17)21(23)24-20-14-10-18(11-15-20)7-5-16-22/h5,7,17-20H,2-4,6,8-15H2,1H3. The van der Waals surface area contributed by atoms with Crippen molar-refractivity contribution in [2.24, 2.45) is 17.8 Å². The molecule has 134 valence electrons. The first-order chi connectivity index (χ1) is 11.7. The van der Waals surface area contributed by atoms with Gasteiger partial charge in [-0.3, -0.25) is 4.79 Å². The molecule has 3 heteroatoms. The summed E-state index contributed by atoms with van der Waals surface area (Å²) < 4.78 is 5.79. The minimum absolute atomic E-state index is 0.0537. The lowest BCUT2D eigenvalue weighted by atomic mass is 9.79. The number of unbranched alkanes of at least 4 members (excludes halogenated alkanes) is 2. The molecular formula is C21H33NO2. The number of rotatable bonds is 7. The topological polar surface area (TPSA) is 50.1 Å². The normalized spacial score (nSPS) is 30.8. The second-order valence-corrected chi connectivity index (χ2v) is 7.68. The summed E-state index contributed by atoms with van der Waals surface area (Å²) in [5, 5.41) is 8.58. The van der Waals surface area contributed by atoms with Crippen LogP contribution < -0.4 is 0 Å². The third kappa shape index (κ3) is 6.30. The van der Waals surface area contributed by atoms with Gasteiger partial charge in [0.25, 0.3) is 0 Å². The zero-order valence-electron chi connectivity index (χ0n) is 15.2. The Morgan fingerprint density at radius 1 is 1.08 bits per heavy atom. The van der Waals surface area contributed by atoms with Crippen molar-refractivity contribution in [2.75, 3.05) is 0 Å². The highest BCUT2D eigenvalue weighted by Gasteiger charge is 2.30. The Bertz CT molecular complexity index is 435. The fourth-order valence-electron chi connectivity index (χ4n) is 4.21. The van der Waals surface area contributed by atoms with Crippen molar-refractivity contribution in [3.05, 3.63) is 12.2 Å². The van der Waals surface area contributed by atoms with Crippen molar-refractivity contribution in [3.63, 3.8) is 0 Å². The second kappa shape index (κ2) is 10.5. The third-order valence-electron chi connectivity index (χ3n) is 5.84. The minimum Gasteiger partial charge on any atom is -0.462 e. The van der Waals surface area contributed by atoms with Gasteiger partial charge in [0.15, 0.2) is 0 Å². The molecule has 0 spiro atoms. The lowest BCUT2D eigenvalue weighted by molar-refractivity contribution is -0.157. The lowest BCUT2D eigenvalue weighted by Gasteiger charge is -2.31. The molecule has 3 nitrogen and oxygen atoms in total. The van der Waals surface area contributed by atoms with Gasteiger partial charge in [-0.2, -0.15) is 5.26 Å². The van der Waals surface area contributed by atoms with Gasteiger partial charge in [-0.25, -0.2) is 0 Å². The zero-order valence-corrected chi connectivity index (χ0v) is 15.2. The Balaban J connectivity index is 1.64. The largest absolute Gasteiger partial charge is 0.462 e. The van der Waals surface area contributed by atoms with Crippen molar-refractivity contribution in [1.29, 1.82) is 5.26 Å². The first-order valence-corrected chi connectivity index (χ1v) is 9.99. The van der Waals surface area contributed by atoms with Crippen LogP contribution >= 0.6 is 0 Å². The monoisotopic (exact) mass is 331 g/mol. The van der Waals surface area contributed by atoms with Crippen LogP contribution in [-0.4, -0.2) is 12.1 Å². The smallest absolute Gasteiger partial charge is 0.309 e. The van der Waals surface area contributed by atoms with E-state index in [0.29, 0.717) is 5.92 Å². The Morgan fingerprint density at radius 3 is 2.42 bits per heavy atom. The van der Waals surface area contributed by atoms with E-state index in [4.69, 9.17) is 10.00 Å². The summed E-state index contributed by atoms with van der Waals surface area (Å²) in [5.74, 6) is 1.52. The van der Waals surface area contributed by atoms with Crippen LogP contribution in [-0.2, 0) is 9.53 Å². The van der Waals surface area contributed by atoms with E-state index in [1.54, 1.807) is 6.08 Å². The number of esters is 1. The number of carbonyl (C=O) groups excluding carboxylic acids is 1. The summed E-state index contributed by atoms with van der Waals surface area (Å²) in [6.07, 6.45) is 17.4. The first kappa shape index (κ1) is 19.0. The van der Waals surface area contributed by atoms with E-state index >= 15 is 0 Å². The van der Waals surface area contributed by atoms with Gasteiger partial charge < -0.3 is 4.74 Å². The number of allylic oxidation sites excluding steroid dienone is 2. The molecule has 0 heterocycles. The lowest BCUT2D eigenvalue weighted by Crippen LogP contribution is -2.29. The molecule has 24 heavy (non-hydrogen) atoms. The quantitative estimate of drug-likeness (QED) is 0.349. The fourth-order valence-corrected chi connectivity index (χ4v) is 4.21. The number of hydrogen-bond acceptors (Lipinski definition) is 3. The average Bonchev–Trinajstić information content (AvgIpc) is 2.62. The molecule has 0 radical (unpaired) electrons. The molecule has 0 bridgehead atoms. The predicted molar refractivity (Wildman–Crippen MR) is 96.2 cm³/mol. The number of ether oxygens (including phenoxy) is 1. The van der Waals surface area contributed by atoms with Crippen molar-refractivity contribution in [3.8, 4) is 6.07 Å². The molecular weight excluding hydrogens is 298 g/mol. The Kier molecular flexibility index (Phi) is 8.36. The van der Waals surface area contributed by atoms with Crippen molar-refractivity contribution >= 4 is 5.97 Å². The van der Waals surface area contributed by atoms with E-state index in [9.17, 15) is 4.79 Å². The molecule has 0 unspecified atom stereocenters. The summed E-state index contributed by atoms with van der Waals surface area (Å²) in [6.45, 7) is 2.25. The SMILES string of the molecule is CCCCCC1CCC(C(=O)OC2CCC(C=CC#N)CC2)CC1. The van der Waals surface area contributed by atoms with E-state index in [0.717, 1.165) is 44.4 Å². The van der Waals surface area contributed by atoms with Crippen LogP contribution in [0.15, 0.2) is 12.2 Å². The van der Waals surface area contributed by atoms with E-state index in [2.05, 4.69) is 13.0 Å². The van der Waals surface area contributed by atoms with Gasteiger partial charge in [0.2, 0.25) is 0 Å². The van der Waals surface area contributed by atoms with Crippen LogP contribution in [0.4, 0.5) is 0 Å². The van der Waals surface area contributed by atoms with Gasteiger partial charge in [-0.1, -0.05) is 38.7 Å². The van der Waals surface area contributed by atoms with Crippen LogP contribution in [0.5, 0.6) is 0 Å². The minimum atomic E-state index is 0.0537. The Hall–Kier alpha value is -1.30. The summed E-state index contributed by atoms with van der Waals surface area (Å²) in [7, 11) is 0. The maximum atomic E-state index is 12.4. The van der Waals surface area contributed by atoms with Gasteiger partial charge in [-0.05, 0) is 63.2 Å². The predicted octanol–water partition coefficient (Wildman–Crippen LogP) is 5.55. The zero-order chi connectivity index (χ0) is 17.2. The van der Waals surface area contributed by atoms with E-state index in [1.165, 1.54) is 38.5 Å². The highest BCUT2D eigenvalue weighted by Crippen LogP contribution is 2.34. The summed E-state index contributed by atoms with van der Waals surface area (Å²) in [4.78, 5) is 12.4. The van der Waals surface area contributed by atoms with E-state index in [1.807, 2.05) is 6.08 Å². The molecule has 2 fully saturated rings. The Morgan fingerprint density at radius 2 is 1.79 bits per heavy atom. The number of hydrogen-bond donors (Lipinski definition) is 0. The highest BCUT2D eigenvalue weighted by atomic mass is 16.5. The number of carbonyl (C=O) groups is 1. The van der Waals surface area contributed by atoms with Crippen LogP contribution in [0.1, 0.15) is 84.0 Å². The van der Waals surface area contributed by atoms with E-state index < -0.39 is 0 Å². The van der Waals surface area contributed by atoms with Crippen LogP contribution in [0, 0.1) is 29.1 Å². The number of nitrogens with zero attached hydrogens (tertiary/aromatic N) is 1. The third-order valence-corrected chi connectivity index (χ3v) is 5.84. The first-order valence-electron chi connectivity index (χ1n) is 9.99. The Labute approximate surface area is 147 Å². The molecule has 0 aromatic rings. The van der Waals surface area contributed by atoms with Crippen LogP contribution in [0.3, 0.4) is 0 Å². The van der Waals surface area contributed by atoms with Gasteiger partial charge in [-0.15, -0.1) is 0 Å². The maximum absolute atomic E-state index is 12.4. The highest BCUT2D eigenvalue weighted by molar-refractivity contribution is 5.72. The molecule has 0 N–H and O–H groups in total.